The van der Waals surface area contributed by atoms with E-state index in [0.717, 1.165) is 12.1 Å². The Morgan fingerprint density at radius 1 is 1.29 bits per heavy atom. The highest BCUT2D eigenvalue weighted by Gasteiger charge is 2.30. The highest BCUT2D eigenvalue weighted by atomic mass is 19.4. The van der Waals surface area contributed by atoms with E-state index in [-0.39, 0.29) is 0 Å². The van der Waals surface area contributed by atoms with Crippen LogP contribution in [0.1, 0.15) is 25.0 Å². The highest BCUT2D eigenvalue weighted by molar-refractivity contribution is 6.03. The second-order valence-electron chi connectivity index (χ2n) is 3.61. The van der Waals surface area contributed by atoms with Crippen LogP contribution in [0.15, 0.2) is 29.3 Å². The zero-order valence-corrected chi connectivity index (χ0v) is 9.62. The summed E-state index contributed by atoms with van der Waals surface area (Å²) in [6, 6.07) is 4.62. The highest BCUT2D eigenvalue weighted by Crippen LogP contribution is 2.29. The summed E-state index contributed by atoms with van der Waals surface area (Å²) in [5, 5.41) is 9.47. The predicted molar refractivity (Wildman–Crippen MR) is 60.2 cm³/mol. The Balaban J connectivity index is 3.05. The molecule has 1 unspecified atom stereocenters. The first-order valence-electron chi connectivity index (χ1n) is 5.26. The molecule has 0 saturated carbocycles. The Morgan fingerprint density at radius 2 is 1.82 bits per heavy atom. The van der Waals surface area contributed by atoms with Gasteiger partial charge in [0, 0.05) is 6.54 Å². The van der Waals surface area contributed by atoms with E-state index in [1.165, 1.54) is 19.1 Å². The normalized spacial score (nSPS) is 14.8. The molecular weight excluding hydrogens is 231 g/mol. The van der Waals surface area contributed by atoms with E-state index in [1.807, 2.05) is 0 Å². The number of hydrogen-bond acceptors (Lipinski definition) is 2. The fraction of sp³-hybridized carbons (Fsp3) is 0.417. The summed E-state index contributed by atoms with van der Waals surface area (Å²) in [6.45, 7) is 3.81. The number of hydrogen-bond donors (Lipinski definition) is 1. The van der Waals surface area contributed by atoms with Crippen molar-refractivity contribution in [3.05, 3.63) is 35.4 Å². The molecule has 0 heterocycles. The standard InChI is InChI=1S/C12H14F3NO/c1-3-16-11(8(2)17)9-4-6-10(7-5-9)12(13,14)15/h4-8,17H,3H2,1-2H3/b16-11+. The lowest BCUT2D eigenvalue weighted by molar-refractivity contribution is -0.137. The summed E-state index contributed by atoms with van der Waals surface area (Å²) in [5.74, 6) is 0. The quantitative estimate of drug-likeness (QED) is 0.816. The summed E-state index contributed by atoms with van der Waals surface area (Å²) in [6.07, 6.45) is -5.14. The third kappa shape index (κ3) is 3.56. The number of aliphatic hydroxyl groups is 1. The molecule has 0 radical (unpaired) electrons. The molecule has 1 aromatic carbocycles. The van der Waals surface area contributed by atoms with Gasteiger partial charge in [0.1, 0.15) is 0 Å². The van der Waals surface area contributed by atoms with Gasteiger partial charge in [-0.3, -0.25) is 4.99 Å². The SMILES string of the molecule is CC/N=C(/c1ccc(C(F)(F)F)cc1)C(C)O. The number of halogens is 3. The van der Waals surface area contributed by atoms with E-state index in [9.17, 15) is 18.3 Å². The third-order valence-electron chi connectivity index (χ3n) is 2.23. The molecule has 0 fully saturated rings. The van der Waals surface area contributed by atoms with Crippen molar-refractivity contribution in [2.24, 2.45) is 4.99 Å². The first-order valence-corrected chi connectivity index (χ1v) is 5.26. The van der Waals surface area contributed by atoms with Gasteiger partial charge < -0.3 is 5.11 Å². The molecule has 5 heteroatoms. The lowest BCUT2D eigenvalue weighted by Gasteiger charge is -2.11. The Kier molecular flexibility index (Phi) is 4.28. The second kappa shape index (κ2) is 5.31. The van der Waals surface area contributed by atoms with Crippen molar-refractivity contribution >= 4 is 5.71 Å². The smallest absolute Gasteiger partial charge is 0.387 e. The van der Waals surface area contributed by atoms with Crippen molar-refractivity contribution in [2.75, 3.05) is 6.54 Å². The molecule has 1 aromatic rings. The van der Waals surface area contributed by atoms with Crippen LogP contribution in [0.3, 0.4) is 0 Å². The number of alkyl halides is 3. The zero-order chi connectivity index (χ0) is 13.1. The molecule has 0 aliphatic rings. The van der Waals surface area contributed by atoms with Crippen LogP contribution in [-0.2, 0) is 6.18 Å². The van der Waals surface area contributed by atoms with Crippen molar-refractivity contribution in [2.45, 2.75) is 26.1 Å². The van der Waals surface area contributed by atoms with Gasteiger partial charge in [0.15, 0.2) is 0 Å². The van der Waals surface area contributed by atoms with Gasteiger partial charge in [-0.2, -0.15) is 13.2 Å². The Hall–Kier alpha value is -1.36. The van der Waals surface area contributed by atoms with Crippen molar-refractivity contribution in [3.8, 4) is 0 Å². The van der Waals surface area contributed by atoms with Crippen molar-refractivity contribution in [1.82, 2.24) is 0 Å². The molecule has 0 spiro atoms. The zero-order valence-electron chi connectivity index (χ0n) is 9.62. The molecule has 94 valence electrons. The van der Waals surface area contributed by atoms with Gasteiger partial charge in [0.25, 0.3) is 0 Å². The summed E-state index contributed by atoms with van der Waals surface area (Å²) in [7, 11) is 0. The van der Waals surface area contributed by atoms with Crippen LogP contribution < -0.4 is 0 Å². The van der Waals surface area contributed by atoms with Crippen LogP contribution in [0, 0.1) is 0 Å². The molecule has 0 aliphatic heterocycles. The number of rotatable bonds is 3. The van der Waals surface area contributed by atoms with E-state index >= 15 is 0 Å². The van der Waals surface area contributed by atoms with E-state index in [2.05, 4.69) is 4.99 Å². The Labute approximate surface area is 97.8 Å². The third-order valence-corrected chi connectivity index (χ3v) is 2.23. The molecule has 0 amide bonds. The van der Waals surface area contributed by atoms with Crippen LogP contribution in [-0.4, -0.2) is 23.5 Å². The number of benzene rings is 1. The van der Waals surface area contributed by atoms with Gasteiger partial charge in [-0.05, 0) is 31.5 Å². The van der Waals surface area contributed by atoms with Crippen LogP contribution in [0.5, 0.6) is 0 Å². The van der Waals surface area contributed by atoms with E-state index in [1.54, 1.807) is 6.92 Å². The van der Waals surface area contributed by atoms with E-state index in [4.69, 9.17) is 0 Å². The first-order chi connectivity index (χ1) is 7.86. The van der Waals surface area contributed by atoms with Crippen LogP contribution in [0.4, 0.5) is 13.2 Å². The minimum Gasteiger partial charge on any atom is -0.387 e. The van der Waals surface area contributed by atoms with Gasteiger partial charge >= 0.3 is 6.18 Å². The van der Waals surface area contributed by atoms with E-state index in [0.29, 0.717) is 17.8 Å². The molecule has 0 aromatic heterocycles. The predicted octanol–water partition coefficient (Wildman–Crippen LogP) is 2.90. The lowest BCUT2D eigenvalue weighted by Crippen LogP contribution is -2.18. The van der Waals surface area contributed by atoms with Gasteiger partial charge in [-0.15, -0.1) is 0 Å². The molecule has 17 heavy (non-hydrogen) atoms. The fourth-order valence-electron chi connectivity index (χ4n) is 1.46. The minimum atomic E-state index is -4.34. The number of nitrogens with zero attached hydrogens (tertiary/aromatic N) is 1. The summed E-state index contributed by atoms with van der Waals surface area (Å²) in [5.41, 5.74) is 0.207. The minimum absolute atomic E-state index is 0.404. The number of aliphatic imine (C=N–C) groups is 1. The molecule has 1 N–H and O–H groups in total. The maximum atomic E-state index is 12.3. The second-order valence-corrected chi connectivity index (χ2v) is 3.61. The summed E-state index contributed by atoms with van der Waals surface area (Å²) < 4.78 is 37.0. The van der Waals surface area contributed by atoms with Crippen molar-refractivity contribution in [1.29, 1.82) is 0 Å². The van der Waals surface area contributed by atoms with Crippen molar-refractivity contribution < 1.29 is 18.3 Å². The van der Waals surface area contributed by atoms with Gasteiger partial charge in [-0.1, -0.05) is 12.1 Å². The maximum Gasteiger partial charge on any atom is 0.416 e. The molecule has 0 aliphatic carbocycles. The van der Waals surface area contributed by atoms with Gasteiger partial charge in [0.05, 0.1) is 17.4 Å². The van der Waals surface area contributed by atoms with Crippen LogP contribution in [0.25, 0.3) is 0 Å². The molecule has 0 saturated heterocycles. The lowest BCUT2D eigenvalue weighted by atomic mass is 10.0. The van der Waals surface area contributed by atoms with Crippen LogP contribution >= 0.6 is 0 Å². The topological polar surface area (TPSA) is 32.6 Å². The largest absolute Gasteiger partial charge is 0.416 e. The molecule has 0 bridgehead atoms. The summed E-state index contributed by atoms with van der Waals surface area (Å²) in [4.78, 5) is 4.07. The van der Waals surface area contributed by atoms with Gasteiger partial charge in [-0.25, -0.2) is 0 Å². The Morgan fingerprint density at radius 3 is 2.18 bits per heavy atom. The fourth-order valence-corrected chi connectivity index (χ4v) is 1.46. The molecule has 1 rings (SSSR count). The van der Waals surface area contributed by atoms with Crippen molar-refractivity contribution in [3.63, 3.8) is 0 Å². The average Bonchev–Trinajstić information content (AvgIpc) is 2.24. The molecule has 1 atom stereocenters. The monoisotopic (exact) mass is 245 g/mol. The van der Waals surface area contributed by atoms with Crippen LogP contribution in [0.2, 0.25) is 0 Å². The van der Waals surface area contributed by atoms with Gasteiger partial charge in [0.2, 0.25) is 0 Å². The summed E-state index contributed by atoms with van der Waals surface area (Å²) >= 11 is 0. The Bertz CT molecular complexity index is 393. The average molecular weight is 245 g/mol. The molecule has 2 nitrogen and oxygen atoms in total. The number of aliphatic hydroxyl groups excluding tert-OH is 1. The maximum absolute atomic E-state index is 12.3. The molecular formula is C12H14F3NO. The van der Waals surface area contributed by atoms with E-state index < -0.39 is 17.8 Å². The first kappa shape index (κ1) is 13.7.